The molecule has 0 aliphatic heterocycles. The lowest BCUT2D eigenvalue weighted by atomic mass is 9.80. The van der Waals surface area contributed by atoms with E-state index in [1.54, 1.807) is 0 Å². The maximum Gasteiger partial charge on any atom is 0.0129 e. The van der Waals surface area contributed by atoms with Gasteiger partial charge < -0.3 is 16.7 Å². The molecule has 0 bridgehead atoms. The fourth-order valence-electron chi connectivity index (χ4n) is 3.51. The van der Waals surface area contributed by atoms with Crippen LogP contribution < -0.4 is 5.73 Å². The molecule has 3 nitrogen and oxygen atoms in total. The summed E-state index contributed by atoms with van der Waals surface area (Å²) in [7, 11) is 0. The van der Waals surface area contributed by atoms with E-state index < -0.39 is 0 Å². The molecular formula is C23H46ClNO2. The Kier molecular flexibility index (Phi) is 21.6. The van der Waals surface area contributed by atoms with Crippen LogP contribution in [0.5, 0.6) is 0 Å². The van der Waals surface area contributed by atoms with E-state index in [1.165, 1.54) is 76.2 Å². The minimum Gasteiger partial charge on any atom is -0.412 e. The summed E-state index contributed by atoms with van der Waals surface area (Å²) in [6.07, 6.45) is 16.4. The third-order valence-electron chi connectivity index (χ3n) is 5.28. The van der Waals surface area contributed by atoms with E-state index in [2.05, 4.69) is 51.1 Å². The van der Waals surface area contributed by atoms with E-state index in [-0.39, 0.29) is 28.9 Å². The van der Waals surface area contributed by atoms with Crippen molar-refractivity contribution in [2.45, 2.75) is 103 Å². The Bertz CT molecular complexity index is 407. The Hall–Kier alpha value is -0.610. The highest BCUT2D eigenvalue weighted by molar-refractivity contribution is 5.85. The molecule has 1 unspecified atom stereocenters. The van der Waals surface area contributed by atoms with Crippen LogP contribution in [0, 0.1) is 5.92 Å². The van der Waals surface area contributed by atoms with Crippen molar-refractivity contribution < 1.29 is 11.0 Å². The van der Waals surface area contributed by atoms with Gasteiger partial charge in [-0.3, -0.25) is 0 Å². The Labute approximate surface area is 174 Å². The molecule has 0 aliphatic carbocycles. The van der Waals surface area contributed by atoms with Crippen molar-refractivity contribution in [3.63, 3.8) is 0 Å². The third-order valence-corrected chi connectivity index (χ3v) is 5.28. The molecule has 6 N–H and O–H groups in total. The second-order valence-electron chi connectivity index (χ2n) is 8.18. The van der Waals surface area contributed by atoms with Crippen LogP contribution in [0.25, 0.3) is 0 Å². The van der Waals surface area contributed by atoms with Crippen LogP contribution in [0.4, 0.5) is 0 Å². The maximum absolute atomic E-state index is 6.45. The number of nitrogens with two attached hydrogens (primary N) is 1. The van der Waals surface area contributed by atoms with Crippen molar-refractivity contribution in [1.29, 1.82) is 0 Å². The van der Waals surface area contributed by atoms with Gasteiger partial charge in [-0.1, -0.05) is 101 Å². The topological polar surface area (TPSA) is 89.0 Å². The molecule has 0 saturated carbocycles. The van der Waals surface area contributed by atoms with Crippen LogP contribution in [-0.2, 0) is 6.42 Å². The molecule has 0 saturated heterocycles. The van der Waals surface area contributed by atoms with Gasteiger partial charge in [0.25, 0.3) is 0 Å². The fourth-order valence-corrected chi connectivity index (χ4v) is 3.51. The molecule has 0 amide bonds. The summed E-state index contributed by atoms with van der Waals surface area (Å²) in [6.45, 7) is 6.67. The predicted molar refractivity (Wildman–Crippen MR) is 123 cm³/mol. The number of hydrogen-bond acceptors (Lipinski definition) is 1. The average Bonchev–Trinajstić information content (AvgIpc) is 2.55. The van der Waals surface area contributed by atoms with Crippen molar-refractivity contribution in [3.8, 4) is 0 Å². The van der Waals surface area contributed by atoms with Gasteiger partial charge in [-0.05, 0) is 38.2 Å². The Morgan fingerprint density at radius 2 is 1.22 bits per heavy atom. The van der Waals surface area contributed by atoms with E-state index >= 15 is 0 Å². The normalized spacial score (nSPS) is 11.7. The van der Waals surface area contributed by atoms with Gasteiger partial charge >= 0.3 is 0 Å². The maximum atomic E-state index is 6.45. The zero-order chi connectivity index (χ0) is 17.7. The van der Waals surface area contributed by atoms with Crippen molar-refractivity contribution in [2.24, 2.45) is 11.7 Å². The second kappa shape index (κ2) is 18.7. The molecule has 1 atom stereocenters. The molecule has 0 radical (unpaired) electrons. The van der Waals surface area contributed by atoms with E-state index in [9.17, 15) is 0 Å². The standard InChI is InChI=1S/C23H41N.ClH.2H2O/c1-4-5-6-7-8-9-10-11-12-16-19-22(23(2,3)24)20-21-17-14-13-15-18-21;;;/h13-15,17-18,22H,4-12,16,19-20,24H2,1-3H3;1H;2*1H2. The first kappa shape index (κ1) is 31.1. The smallest absolute Gasteiger partial charge is 0.0129 e. The zero-order valence-electron chi connectivity index (χ0n) is 17.9. The van der Waals surface area contributed by atoms with Crippen LogP contribution >= 0.6 is 12.4 Å². The van der Waals surface area contributed by atoms with E-state index in [0.29, 0.717) is 5.92 Å². The molecule has 162 valence electrons. The summed E-state index contributed by atoms with van der Waals surface area (Å²) < 4.78 is 0. The summed E-state index contributed by atoms with van der Waals surface area (Å²) in [5.74, 6) is 0.578. The number of unbranched alkanes of at least 4 members (excludes halogenated alkanes) is 9. The van der Waals surface area contributed by atoms with Gasteiger partial charge in [0.1, 0.15) is 0 Å². The minimum absolute atomic E-state index is 0. The number of benzene rings is 1. The van der Waals surface area contributed by atoms with Gasteiger partial charge in [-0.25, -0.2) is 0 Å². The molecule has 1 aromatic carbocycles. The van der Waals surface area contributed by atoms with Gasteiger partial charge in [0.15, 0.2) is 0 Å². The van der Waals surface area contributed by atoms with Crippen molar-refractivity contribution in [3.05, 3.63) is 35.9 Å². The van der Waals surface area contributed by atoms with Gasteiger partial charge in [0.2, 0.25) is 0 Å². The average molecular weight is 404 g/mol. The summed E-state index contributed by atoms with van der Waals surface area (Å²) in [4.78, 5) is 0. The zero-order valence-corrected chi connectivity index (χ0v) is 18.8. The van der Waals surface area contributed by atoms with E-state index in [4.69, 9.17) is 5.73 Å². The Morgan fingerprint density at radius 3 is 1.67 bits per heavy atom. The first-order chi connectivity index (χ1) is 11.5. The molecular weight excluding hydrogens is 358 g/mol. The number of halogens is 1. The Morgan fingerprint density at radius 1 is 0.778 bits per heavy atom. The predicted octanol–water partition coefficient (Wildman–Crippen LogP) is 5.67. The summed E-state index contributed by atoms with van der Waals surface area (Å²) in [6, 6.07) is 10.8. The van der Waals surface area contributed by atoms with E-state index in [0.717, 1.165) is 6.42 Å². The van der Waals surface area contributed by atoms with Crippen LogP contribution in [0.15, 0.2) is 30.3 Å². The summed E-state index contributed by atoms with van der Waals surface area (Å²) in [5.41, 5.74) is 7.78. The minimum atomic E-state index is -0.0882. The van der Waals surface area contributed by atoms with Gasteiger partial charge in [0, 0.05) is 5.54 Å². The highest BCUT2D eigenvalue weighted by Crippen LogP contribution is 2.25. The van der Waals surface area contributed by atoms with Crippen molar-refractivity contribution in [1.82, 2.24) is 0 Å². The molecule has 0 aliphatic rings. The molecule has 4 heteroatoms. The second-order valence-corrected chi connectivity index (χ2v) is 8.18. The monoisotopic (exact) mass is 403 g/mol. The third kappa shape index (κ3) is 16.1. The van der Waals surface area contributed by atoms with Crippen molar-refractivity contribution in [2.75, 3.05) is 0 Å². The highest BCUT2D eigenvalue weighted by atomic mass is 35.5. The Balaban J connectivity index is -0.00000192. The summed E-state index contributed by atoms with van der Waals surface area (Å²) in [5, 5.41) is 0. The SMILES string of the molecule is CCCCCCCCCCCCC(Cc1ccccc1)C(C)(C)N.Cl.O.O. The number of hydrogen-bond donors (Lipinski definition) is 1. The van der Waals surface area contributed by atoms with Gasteiger partial charge in [-0.2, -0.15) is 0 Å². The van der Waals surface area contributed by atoms with Gasteiger partial charge in [0.05, 0.1) is 0 Å². The van der Waals surface area contributed by atoms with Crippen LogP contribution in [0.3, 0.4) is 0 Å². The molecule has 0 heterocycles. The lowest BCUT2D eigenvalue weighted by Gasteiger charge is -2.31. The summed E-state index contributed by atoms with van der Waals surface area (Å²) >= 11 is 0. The van der Waals surface area contributed by atoms with Crippen LogP contribution in [0.2, 0.25) is 0 Å². The van der Waals surface area contributed by atoms with Crippen molar-refractivity contribution >= 4 is 12.4 Å². The fraction of sp³-hybridized carbons (Fsp3) is 0.739. The lowest BCUT2D eigenvalue weighted by molar-refractivity contribution is 0.290. The quantitative estimate of drug-likeness (QED) is 0.398. The lowest BCUT2D eigenvalue weighted by Crippen LogP contribution is -2.42. The molecule has 1 rings (SSSR count). The number of rotatable bonds is 14. The van der Waals surface area contributed by atoms with Gasteiger partial charge in [-0.15, -0.1) is 12.4 Å². The molecule has 0 aromatic heterocycles. The highest BCUT2D eigenvalue weighted by Gasteiger charge is 2.24. The largest absolute Gasteiger partial charge is 0.412 e. The van der Waals surface area contributed by atoms with Crippen LogP contribution in [-0.4, -0.2) is 16.5 Å². The van der Waals surface area contributed by atoms with E-state index in [1.807, 2.05) is 0 Å². The molecule has 0 fully saturated rings. The molecule has 1 aromatic rings. The molecule has 0 spiro atoms. The molecule has 27 heavy (non-hydrogen) atoms. The first-order valence-electron chi connectivity index (χ1n) is 10.4. The van der Waals surface area contributed by atoms with Crippen LogP contribution in [0.1, 0.15) is 97.0 Å². The first-order valence-corrected chi connectivity index (χ1v) is 10.4.